The first kappa shape index (κ1) is 5.41. The Morgan fingerprint density at radius 3 is 3.11 bits per heavy atom. The van der Waals surface area contributed by atoms with Gasteiger partial charge in [-0.1, -0.05) is 6.08 Å². The van der Waals surface area contributed by atoms with E-state index in [-0.39, 0.29) is 12.4 Å². The van der Waals surface area contributed by atoms with E-state index in [2.05, 4.69) is 0 Å². The molecule has 0 amide bonds. The van der Waals surface area contributed by atoms with E-state index in [4.69, 9.17) is 14.6 Å². The van der Waals surface area contributed by atoms with E-state index in [1.54, 1.807) is 12.2 Å². The summed E-state index contributed by atoms with van der Waals surface area (Å²) in [4.78, 5) is 0. The Kier molecular flexibility index (Phi) is 1.08. The molecule has 0 saturated carbocycles. The summed E-state index contributed by atoms with van der Waals surface area (Å²) in [6, 6.07) is 0. The Morgan fingerprint density at radius 2 is 2.33 bits per heavy atom. The minimum Gasteiger partial charge on any atom is -0.386 e. The normalized spacial score (nSPS) is 47.9. The monoisotopic (exact) mass is 128 g/mol. The summed E-state index contributed by atoms with van der Waals surface area (Å²) in [5.41, 5.74) is 0. The van der Waals surface area contributed by atoms with Gasteiger partial charge in [0.15, 0.2) is 6.29 Å². The Labute approximate surface area is 52.9 Å². The highest BCUT2D eigenvalue weighted by Gasteiger charge is 2.32. The van der Waals surface area contributed by atoms with Crippen LogP contribution in [0.3, 0.4) is 0 Å². The van der Waals surface area contributed by atoms with Crippen LogP contribution in [0.5, 0.6) is 0 Å². The molecule has 1 N–H and O–H groups in total. The van der Waals surface area contributed by atoms with Crippen LogP contribution in [0, 0.1) is 0 Å². The van der Waals surface area contributed by atoms with E-state index < -0.39 is 6.10 Å². The number of fused-ring (bicyclic) bond motifs is 2. The summed E-state index contributed by atoms with van der Waals surface area (Å²) in [6.07, 6.45) is 2.65. The number of ether oxygens (including phenoxy) is 2. The molecule has 2 rings (SSSR count). The Bertz CT molecular complexity index is 143. The molecule has 0 aliphatic carbocycles. The fourth-order valence-corrected chi connectivity index (χ4v) is 1.05. The van der Waals surface area contributed by atoms with Crippen LogP contribution in [0.4, 0.5) is 0 Å². The zero-order chi connectivity index (χ0) is 6.27. The topological polar surface area (TPSA) is 38.7 Å². The van der Waals surface area contributed by atoms with Crippen LogP contribution in [0.15, 0.2) is 12.2 Å². The van der Waals surface area contributed by atoms with Crippen molar-refractivity contribution >= 4 is 0 Å². The number of rotatable bonds is 0. The molecule has 1 saturated heterocycles. The van der Waals surface area contributed by atoms with Gasteiger partial charge in [0.2, 0.25) is 0 Å². The smallest absolute Gasteiger partial charge is 0.177 e. The van der Waals surface area contributed by atoms with E-state index in [0.717, 1.165) is 0 Å². The first-order chi connectivity index (χ1) is 4.36. The summed E-state index contributed by atoms with van der Waals surface area (Å²) in [5, 5.41) is 9.10. The molecule has 2 heterocycles. The maximum absolute atomic E-state index is 9.10. The first-order valence-electron chi connectivity index (χ1n) is 3.00. The molecule has 9 heavy (non-hydrogen) atoms. The van der Waals surface area contributed by atoms with Crippen molar-refractivity contribution in [2.75, 3.05) is 6.61 Å². The number of hydrogen-bond acceptors (Lipinski definition) is 3. The molecule has 3 atom stereocenters. The first-order valence-corrected chi connectivity index (χ1v) is 3.00. The summed E-state index contributed by atoms with van der Waals surface area (Å²) < 4.78 is 10.2. The average molecular weight is 128 g/mol. The third-order valence-corrected chi connectivity index (χ3v) is 1.58. The number of aliphatic hydroxyl groups excluding tert-OH is 1. The maximum atomic E-state index is 9.10. The van der Waals surface area contributed by atoms with Gasteiger partial charge in [-0.05, 0) is 6.08 Å². The molecule has 2 bridgehead atoms. The summed E-state index contributed by atoms with van der Waals surface area (Å²) in [7, 11) is 0. The van der Waals surface area contributed by atoms with E-state index >= 15 is 0 Å². The third kappa shape index (κ3) is 0.775. The highest BCUT2D eigenvalue weighted by Crippen LogP contribution is 2.20. The number of hydrogen-bond donors (Lipinski definition) is 1. The van der Waals surface area contributed by atoms with Gasteiger partial charge in [0.05, 0.1) is 6.61 Å². The maximum Gasteiger partial charge on any atom is 0.177 e. The van der Waals surface area contributed by atoms with Gasteiger partial charge >= 0.3 is 0 Å². The third-order valence-electron chi connectivity index (χ3n) is 1.58. The molecule has 0 aromatic heterocycles. The number of aliphatic hydroxyl groups is 1. The fourth-order valence-electron chi connectivity index (χ4n) is 1.05. The van der Waals surface area contributed by atoms with Crippen molar-refractivity contribution in [3.8, 4) is 0 Å². The zero-order valence-corrected chi connectivity index (χ0v) is 4.86. The van der Waals surface area contributed by atoms with Crippen LogP contribution < -0.4 is 0 Å². The molecule has 2 aliphatic rings. The lowest BCUT2D eigenvalue weighted by Gasteiger charge is -2.16. The van der Waals surface area contributed by atoms with Gasteiger partial charge < -0.3 is 14.6 Å². The van der Waals surface area contributed by atoms with Gasteiger partial charge in [0.1, 0.15) is 12.2 Å². The second kappa shape index (κ2) is 1.80. The van der Waals surface area contributed by atoms with Crippen molar-refractivity contribution in [1.29, 1.82) is 0 Å². The van der Waals surface area contributed by atoms with Gasteiger partial charge in [-0.2, -0.15) is 0 Å². The van der Waals surface area contributed by atoms with Gasteiger partial charge in [-0.15, -0.1) is 0 Å². The molecule has 0 aromatic carbocycles. The SMILES string of the molecule is O[C@H]1C=C[C@@H]2OC[C@H]1O2. The summed E-state index contributed by atoms with van der Waals surface area (Å²) in [5.74, 6) is 0. The highest BCUT2D eigenvalue weighted by molar-refractivity contribution is 5.02. The van der Waals surface area contributed by atoms with Crippen molar-refractivity contribution in [3.63, 3.8) is 0 Å². The summed E-state index contributed by atoms with van der Waals surface area (Å²) >= 11 is 0. The second-order valence-electron chi connectivity index (χ2n) is 2.25. The van der Waals surface area contributed by atoms with Crippen molar-refractivity contribution in [2.24, 2.45) is 0 Å². The van der Waals surface area contributed by atoms with E-state index in [1.165, 1.54) is 0 Å². The largest absolute Gasteiger partial charge is 0.386 e. The predicted octanol–water partition coefficient (Wildman–Crippen LogP) is -0.341. The Balaban J connectivity index is 2.19. The van der Waals surface area contributed by atoms with Crippen LogP contribution in [-0.2, 0) is 9.47 Å². The quantitative estimate of drug-likeness (QED) is 0.453. The lowest BCUT2D eigenvalue weighted by molar-refractivity contribution is -0.0529. The molecule has 1 fully saturated rings. The standard InChI is InChI=1S/C6H8O3/c7-4-1-2-6-8-3-5(4)9-6/h1-2,4-7H,3H2/t4-,5+,6+/m0/s1. The fraction of sp³-hybridized carbons (Fsp3) is 0.667. The minimum absolute atomic E-state index is 0.125. The van der Waals surface area contributed by atoms with E-state index in [9.17, 15) is 0 Å². The van der Waals surface area contributed by atoms with Crippen LogP contribution in [0.1, 0.15) is 0 Å². The molecule has 3 heteroatoms. The molecular formula is C6H8O3. The predicted molar refractivity (Wildman–Crippen MR) is 29.8 cm³/mol. The van der Waals surface area contributed by atoms with Crippen LogP contribution in [0.25, 0.3) is 0 Å². The van der Waals surface area contributed by atoms with Crippen molar-refractivity contribution < 1.29 is 14.6 Å². The molecule has 50 valence electrons. The zero-order valence-electron chi connectivity index (χ0n) is 4.86. The Morgan fingerprint density at radius 1 is 1.44 bits per heavy atom. The van der Waals surface area contributed by atoms with Crippen LogP contribution in [0.2, 0.25) is 0 Å². The van der Waals surface area contributed by atoms with Gasteiger partial charge in [-0.3, -0.25) is 0 Å². The Hall–Kier alpha value is -0.380. The lowest BCUT2D eigenvalue weighted by atomic mass is 10.2. The van der Waals surface area contributed by atoms with Gasteiger partial charge in [-0.25, -0.2) is 0 Å². The molecule has 0 radical (unpaired) electrons. The second-order valence-corrected chi connectivity index (χ2v) is 2.25. The van der Waals surface area contributed by atoms with Crippen LogP contribution in [-0.4, -0.2) is 30.2 Å². The summed E-state index contributed by atoms with van der Waals surface area (Å²) in [6.45, 7) is 0.513. The highest BCUT2D eigenvalue weighted by atomic mass is 16.7. The minimum atomic E-state index is -0.469. The molecular weight excluding hydrogens is 120 g/mol. The van der Waals surface area contributed by atoms with Gasteiger partial charge in [0.25, 0.3) is 0 Å². The molecule has 0 unspecified atom stereocenters. The molecule has 2 aliphatic heterocycles. The lowest BCUT2D eigenvalue weighted by Crippen LogP contribution is -2.29. The van der Waals surface area contributed by atoms with Gasteiger partial charge in [0, 0.05) is 0 Å². The van der Waals surface area contributed by atoms with Crippen molar-refractivity contribution in [2.45, 2.75) is 18.5 Å². The van der Waals surface area contributed by atoms with E-state index in [1.807, 2.05) is 0 Å². The van der Waals surface area contributed by atoms with Crippen LogP contribution >= 0.6 is 0 Å². The van der Waals surface area contributed by atoms with E-state index in [0.29, 0.717) is 6.61 Å². The molecule has 3 nitrogen and oxygen atoms in total. The molecule has 0 spiro atoms. The molecule has 0 aromatic rings. The average Bonchev–Trinajstić information content (AvgIpc) is 2.25. The van der Waals surface area contributed by atoms with Crippen molar-refractivity contribution in [1.82, 2.24) is 0 Å². The van der Waals surface area contributed by atoms with Crippen molar-refractivity contribution in [3.05, 3.63) is 12.2 Å².